The van der Waals surface area contributed by atoms with Crippen LogP contribution in [0.1, 0.15) is 38.3 Å². The van der Waals surface area contributed by atoms with Gasteiger partial charge < -0.3 is 9.88 Å². The SMILES string of the molecule is CC(C)C(=O)N1CCC(c2cnc[nH]2)CC1. The molecule has 1 aliphatic heterocycles. The lowest BCUT2D eigenvalue weighted by Crippen LogP contribution is -2.40. The van der Waals surface area contributed by atoms with E-state index in [0.717, 1.165) is 25.9 Å². The molecule has 1 fully saturated rings. The molecule has 1 amide bonds. The fourth-order valence-electron chi connectivity index (χ4n) is 2.27. The summed E-state index contributed by atoms with van der Waals surface area (Å²) in [7, 11) is 0. The standard InChI is InChI=1S/C12H19N3O/c1-9(2)12(16)15-5-3-10(4-6-15)11-7-13-8-14-11/h7-10H,3-6H2,1-2H3,(H,13,14). The number of piperidine rings is 1. The number of amides is 1. The molecule has 4 nitrogen and oxygen atoms in total. The van der Waals surface area contributed by atoms with Crippen LogP contribution < -0.4 is 0 Å². The molecule has 16 heavy (non-hydrogen) atoms. The van der Waals surface area contributed by atoms with Crippen LogP contribution in [-0.2, 0) is 4.79 Å². The summed E-state index contributed by atoms with van der Waals surface area (Å²) in [6.45, 7) is 5.67. The molecular formula is C12H19N3O. The van der Waals surface area contributed by atoms with Gasteiger partial charge in [-0.15, -0.1) is 0 Å². The molecule has 4 heteroatoms. The monoisotopic (exact) mass is 221 g/mol. The molecule has 1 saturated heterocycles. The highest BCUT2D eigenvalue weighted by atomic mass is 16.2. The lowest BCUT2D eigenvalue weighted by Gasteiger charge is -2.32. The maximum absolute atomic E-state index is 11.8. The third-order valence-corrected chi connectivity index (χ3v) is 3.26. The van der Waals surface area contributed by atoms with E-state index in [2.05, 4.69) is 9.97 Å². The Kier molecular flexibility index (Phi) is 3.27. The predicted octanol–water partition coefficient (Wildman–Crippen LogP) is 1.77. The first-order valence-electron chi connectivity index (χ1n) is 5.95. The van der Waals surface area contributed by atoms with Crippen molar-refractivity contribution in [3.05, 3.63) is 18.2 Å². The number of nitrogens with one attached hydrogen (secondary N) is 1. The van der Waals surface area contributed by atoms with E-state index >= 15 is 0 Å². The van der Waals surface area contributed by atoms with E-state index in [1.54, 1.807) is 6.33 Å². The van der Waals surface area contributed by atoms with E-state index in [-0.39, 0.29) is 11.8 Å². The summed E-state index contributed by atoms with van der Waals surface area (Å²) in [6.07, 6.45) is 5.70. The van der Waals surface area contributed by atoms with Crippen molar-refractivity contribution in [2.75, 3.05) is 13.1 Å². The minimum Gasteiger partial charge on any atom is -0.348 e. The second kappa shape index (κ2) is 4.68. The van der Waals surface area contributed by atoms with Crippen LogP contribution in [0.25, 0.3) is 0 Å². The molecule has 88 valence electrons. The summed E-state index contributed by atoms with van der Waals surface area (Å²) in [5.74, 6) is 0.936. The normalized spacial score (nSPS) is 18.1. The Morgan fingerprint density at radius 1 is 1.50 bits per heavy atom. The van der Waals surface area contributed by atoms with Crippen molar-refractivity contribution in [1.82, 2.24) is 14.9 Å². The van der Waals surface area contributed by atoms with E-state index in [0.29, 0.717) is 5.92 Å². The first kappa shape index (κ1) is 11.2. The number of H-pyrrole nitrogens is 1. The highest BCUT2D eigenvalue weighted by Crippen LogP contribution is 2.26. The van der Waals surface area contributed by atoms with Gasteiger partial charge in [-0.1, -0.05) is 13.8 Å². The Bertz CT molecular complexity index is 337. The summed E-state index contributed by atoms with van der Waals surface area (Å²) in [6, 6.07) is 0. The highest BCUT2D eigenvalue weighted by Gasteiger charge is 2.25. The van der Waals surface area contributed by atoms with Gasteiger partial charge >= 0.3 is 0 Å². The summed E-state index contributed by atoms with van der Waals surface area (Å²) >= 11 is 0. The predicted molar refractivity (Wildman–Crippen MR) is 62.0 cm³/mol. The summed E-state index contributed by atoms with van der Waals surface area (Å²) in [5, 5.41) is 0. The molecule has 0 radical (unpaired) electrons. The van der Waals surface area contributed by atoms with Gasteiger partial charge in [0.2, 0.25) is 5.91 Å². The molecule has 1 aliphatic rings. The van der Waals surface area contributed by atoms with E-state index in [4.69, 9.17) is 0 Å². The molecule has 1 aromatic heterocycles. The molecule has 0 bridgehead atoms. The van der Waals surface area contributed by atoms with Crippen LogP contribution in [0.2, 0.25) is 0 Å². The zero-order valence-electron chi connectivity index (χ0n) is 9.94. The lowest BCUT2D eigenvalue weighted by atomic mass is 9.93. The fourth-order valence-corrected chi connectivity index (χ4v) is 2.27. The highest BCUT2D eigenvalue weighted by molar-refractivity contribution is 5.78. The van der Waals surface area contributed by atoms with E-state index in [1.807, 2.05) is 24.9 Å². The number of aromatic amines is 1. The second-order valence-electron chi connectivity index (χ2n) is 4.76. The van der Waals surface area contributed by atoms with Crippen molar-refractivity contribution >= 4 is 5.91 Å². The topological polar surface area (TPSA) is 49.0 Å². The first-order chi connectivity index (χ1) is 7.68. The zero-order valence-corrected chi connectivity index (χ0v) is 9.94. The van der Waals surface area contributed by atoms with Gasteiger partial charge in [0.25, 0.3) is 0 Å². The molecule has 2 rings (SSSR count). The molecule has 1 aromatic rings. The number of hydrogen-bond acceptors (Lipinski definition) is 2. The lowest BCUT2D eigenvalue weighted by molar-refractivity contribution is -0.135. The second-order valence-corrected chi connectivity index (χ2v) is 4.76. The van der Waals surface area contributed by atoms with E-state index in [9.17, 15) is 4.79 Å². The van der Waals surface area contributed by atoms with Crippen molar-refractivity contribution in [1.29, 1.82) is 0 Å². The van der Waals surface area contributed by atoms with Crippen LogP contribution in [0.5, 0.6) is 0 Å². The Hall–Kier alpha value is -1.32. The minimum absolute atomic E-state index is 0.115. The van der Waals surface area contributed by atoms with Crippen LogP contribution >= 0.6 is 0 Å². The number of imidazole rings is 1. The average Bonchev–Trinajstić information content (AvgIpc) is 2.81. The Balaban J connectivity index is 1.90. The molecule has 0 aromatic carbocycles. The number of hydrogen-bond donors (Lipinski definition) is 1. The van der Waals surface area contributed by atoms with Gasteiger partial charge in [0, 0.05) is 36.8 Å². The smallest absolute Gasteiger partial charge is 0.225 e. The van der Waals surface area contributed by atoms with E-state index in [1.165, 1.54) is 5.69 Å². The molecule has 0 atom stereocenters. The molecule has 1 N–H and O–H groups in total. The summed E-state index contributed by atoms with van der Waals surface area (Å²) < 4.78 is 0. The average molecular weight is 221 g/mol. The maximum atomic E-state index is 11.8. The Morgan fingerprint density at radius 2 is 2.19 bits per heavy atom. The number of carbonyl (C=O) groups excluding carboxylic acids is 1. The van der Waals surface area contributed by atoms with Crippen LogP contribution in [0.4, 0.5) is 0 Å². The molecule has 2 heterocycles. The Morgan fingerprint density at radius 3 is 2.69 bits per heavy atom. The number of nitrogens with zero attached hydrogens (tertiary/aromatic N) is 2. The van der Waals surface area contributed by atoms with Gasteiger partial charge in [0.05, 0.1) is 6.33 Å². The van der Waals surface area contributed by atoms with Crippen LogP contribution in [0.15, 0.2) is 12.5 Å². The molecule has 0 aliphatic carbocycles. The molecule has 0 unspecified atom stereocenters. The van der Waals surface area contributed by atoms with Crippen molar-refractivity contribution in [2.24, 2.45) is 5.92 Å². The van der Waals surface area contributed by atoms with Gasteiger partial charge in [-0.05, 0) is 12.8 Å². The minimum atomic E-state index is 0.115. The number of likely N-dealkylation sites (tertiary alicyclic amines) is 1. The largest absolute Gasteiger partial charge is 0.348 e. The van der Waals surface area contributed by atoms with E-state index < -0.39 is 0 Å². The molecule has 0 saturated carbocycles. The van der Waals surface area contributed by atoms with Crippen LogP contribution in [-0.4, -0.2) is 33.9 Å². The van der Waals surface area contributed by atoms with Crippen molar-refractivity contribution in [2.45, 2.75) is 32.6 Å². The number of carbonyl (C=O) groups is 1. The van der Waals surface area contributed by atoms with Gasteiger partial charge in [0.15, 0.2) is 0 Å². The summed E-state index contributed by atoms with van der Waals surface area (Å²) in [5.41, 5.74) is 1.21. The zero-order chi connectivity index (χ0) is 11.5. The van der Waals surface area contributed by atoms with Gasteiger partial charge in [-0.25, -0.2) is 4.98 Å². The summed E-state index contributed by atoms with van der Waals surface area (Å²) in [4.78, 5) is 21.0. The first-order valence-corrected chi connectivity index (χ1v) is 5.95. The van der Waals surface area contributed by atoms with Gasteiger partial charge in [0.1, 0.15) is 0 Å². The number of aromatic nitrogens is 2. The number of rotatable bonds is 2. The third kappa shape index (κ3) is 2.26. The fraction of sp³-hybridized carbons (Fsp3) is 0.667. The Labute approximate surface area is 96.1 Å². The van der Waals surface area contributed by atoms with Crippen molar-refractivity contribution in [3.63, 3.8) is 0 Å². The van der Waals surface area contributed by atoms with Gasteiger partial charge in [-0.2, -0.15) is 0 Å². The van der Waals surface area contributed by atoms with Crippen molar-refractivity contribution < 1.29 is 4.79 Å². The molecular weight excluding hydrogens is 202 g/mol. The van der Waals surface area contributed by atoms with Crippen LogP contribution in [0.3, 0.4) is 0 Å². The quantitative estimate of drug-likeness (QED) is 0.827. The third-order valence-electron chi connectivity index (χ3n) is 3.26. The van der Waals surface area contributed by atoms with Gasteiger partial charge in [-0.3, -0.25) is 4.79 Å². The maximum Gasteiger partial charge on any atom is 0.225 e. The molecule has 0 spiro atoms. The van der Waals surface area contributed by atoms with Crippen LogP contribution in [0, 0.1) is 5.92 Å². The van der Waals surface area contributed by atoms with Crippen molar-refractivity contribution in [3.8, 4) is 0 Å².